The Kier molecular flexibility index (Phi) is 15.0. The Balaban J connectivity index is 0.000000853. The molecule has 3 aromatic carbocycles. The third kappa shape index (κ3) is 11.0. The molecular weight excluding hydrogens is 558 g/mol. The number of aryl methyl sites for hydroxylation is 1. The van der Waals surface area contributed by atoms with E-state index >= 15 is 0 Å². The number of aliphatic imine (C=N–C) groups is 1. The van der Waals surface area contributed by atoms with Gasteiger partial charge in [-0.2, -0.15) is 0 Å². The van der Waals surface area contributed by atoms with Gasteiger partial charge in [-0.25, -0.2) is 4.99 Å². The summed E-state index contributed by atoms with van der Waals surface area (Å²) in [6.45, 7) is 17.8. The summed E-state index contributed by atoms with van der Waals surface area (Å²) >= 11 is 0. The number of carbonyl (C=O) groups excluding carboxylic acids is 1. The first-order chi connectivity index (χ1) is 22.0. The molecule has 0 aliphatic carbocycles. The van der Waals surface area contributed by atoms with Gasteiger partial charge in [-0.15, -0.1) is 0 Å². The van der Waals surface area contributed by atoms with Crippen LogP contribution >= 0.6 is 0 Å². The molecule has 2 heterocycles. The third-order valence-electron chi connectivity index (χ3n) is 7.92. The smallest absolute Gasteiger partial charge is 0.292 e. The Morgan fingerprint density at radius 1 is 1.00 bits per heavy atom. The maximum absolute atomic E-state index is 8.95. The van der Waals surface area contributed by atoms with Crippen molar-refractivity contribution in [1.82, 2.24) is 15.1 Å². The van der Waals surface area contributed by atoms with Gasteiger partial charge in [-0.05, 0) is 65.8 Å². The Morgan fingerprint density at radius 2 is 1.67 bits per heavy atom. The number of amidine groups is 1. The molecule has 0 amide bonds. The zero-order valence-electron chi connectivity index (χ0n) is 27.4. The van der Waals surface area contributed by atoms with Crippen molar-refractivity contribution in [3.05, 3.63) is 113 Å². The first kappa shape index (κ1) is 35.2. The largest absolute Gasteiger partial charge is 0.471 e. The van der Waals surface area contributed by atoms with Crippen molar-refractivity contribution in [2.45, 2.75) is 33.6 Å². The van der Waals surface area contributed by atoms with Gasteiger partial charge in [0.05, 0.1) is 13.3 Å². The van der Waals surface area contributed by atoms with Crippen molar-refractivity contribution in [1.29, 1.82) is 5.41 Å². The molecule has 0 spiro atoms. The Bertz CT molecular complexity index is 1420. The monoisotopic (exact) mass is 607 g/mol. The lowest BCUT2D eigenvalue weighted by molar-refractivity contribution is -0.126. The number of piperazine rings is 1. The lowest BCUT2D eigenvalue weighted by Gasteiger charge is -2.36. The normalized spacial score (nSPS) is 14.8. The van der Waals surface area contributed by atoms with Crippen molar-refractivity contribution in [2.24, 2.45) is 4.99 Å². The molecule has 0 radical (unpaired) electrons. The number of benzene rings is 3. The predicted octanol–water partition coefficient (Wildman–Crippen LogP) is 6.62. The zero-order chi connectivity index (χ0) is 32.4. The topological polar surface area (TPSA) is 81.0 Å². The minimum atomic E-state index is 0.258. The van der Waals surface area contributed by atoms with Crippen LogP contribution < -0.4 is 5.32 Å². The van der Waals surface area contributed by atoms with Crippen LogP contribution in [0, 0.1) is 12.3 Å². The molecular formula is C38H49N5O2. The molecule has 0 atom stereocenters. The van der Waals surface area contributed by atoms with Gasteiger partial charge in [-0.1, -0.05) is 93.2 Å². The van der Waals surface area contributed by atoms with Gasteiger partial charge in [0.1, 0.15) is 0 Å². The number of carbonyl (C=O) groups is 1. The van der Waals surface area contributed by atoms with Crippen molar-refractivity contribution in [3.63, 3.8) is 0 Å². The highest BCUT2D eigenvalue weighted by Crippen LogP contribution is 2.29. The summed E-state index contributed by atoms with van der Waals surface area (Å²) in [6.07, 6.45) is 6.19. The van der Waals surface area contributed by atoms with Crippen molar-refractivity contribution in [3.8, 4) is 11.1 Å². The van der Waals surface area contributed by atoms with Crippen LogP contribution in [0.4, 0.5) is 0 Å². The molecule has 1 saturated heterocycles. The van der Waals surface area contributed by atoms with Crippen LogP contribution in [0.25, 0.3) is 16.7 Å². The highest BCUT2D eigenvalue weighted by atomic mass is 16.5. The maximum atomic E-state index is 8.95. The number of methoxy groups -OCH3 is 1. The summed E-state index contributed by atoms with van der Waals surface area (Å²) in [6, 6.07) is 25.5. The summed E-state index contributed by atoms with van der Waals surface area (Å²) in [5, 5.41) is 11.9. The SMILES string of the molecule is C=C(C=NC(=N)c1ccc(-c2ccc(C)c(C3=CCNCC3)c2)cc1)N1CCN(CCc2ccccc2)CC1.CC.COC=O. The minimum Gasteiger partial charge on any atom is -0.471 e. The van der Waals surface area contributed by atoms with Gasteiger partial charge in [-0.3, -0.25) is 15.1 Å². The standard InChI is InChI=1S/C34H39N5.C2H4O2.C2H6/c1-26-8-9-32(24-33(26)30-14-17-36-18-15-30)29-10-12-31(13-11-29)34(35)37-25-27(2)39-22-20-38(21-23-39)19-16-28-6-4-3-5-7-28;1-4-2-3;1-2/h3-14,24-25,35-36H,2,15-23H2,1H3;2H,1H3;1-2H3. The number of ether oxygens (including phenoxy) is 1. The molecule has 2 aliphatic rings. The predicted molar refractivity (Wildman–Crippen MR) is 189 cm³/mol. The first-order valence-corrected chi connectivity index (χ1v) is 15.9. The third-order valence-corrected chi connectivity index (χ3v) is 7.92. The molecule has 0 aromatic heterocycles. The number of nitrogens with one attached hydrogen (secondary N) is 2. The van der Waals surface area contributed by atoms with Crippen molar-refractivity contribution < 1.29 is 9.53 Å². The van der Waals surface area contributed by atoms with Gasteiger partial charge in [0.25, 0.3) is 6.47 Å². The molecule has 0 unspecified atom stereocenters. The summed E-state index contributed by atoms with van der Waals surface area (Å²) in [5.41, 5.74) is 9.50. The van der Waals surface area contributed by atoms with Crippen LogP contribution in [0.1, 0.15) is 42.5 Å². The molecule has 2 N–H and O–H groups in total. The van der Waals surface area contributed by atoms with E-state index in [1.54, 1.807) is 6.21 Å². The molecule has 45 heavy (non-hydrogen) atoms. The molecule has 7 heteroatoms. The highest BCUT2D eigenvalue weighted by Gasteiger charge is 2.17. The number of nitrogens with zero attached hydrogens (tertiary/aromatic N) is 3. The Morgan fingerprint density at radius 3 is 2.29 bits per heavy atom. The average Bonchev–Trinajstić information content (AvgIpc) is 3.12. The minimum absolute atomic E-state index is 0.258. The Hall–Kier alpha value is -4.33. The van der Waals surface area contributed by atoms with E-state index in [4.69, 9.17) is 10.2 Å². The van der Waals surface area contributed by atoms with Crippen LogP contribution in [0.3, 0.4) is 0 Å². The van der Waals surface area contributed by atoms with E-state index in [1.165, 1.54) is 34.9 Å². The van der Waals surface area contributed by atoms with Gasteiger partial charge in [0.2, 0.25) is 0 Å². The molecule has 7 nitrogen and oxygen atoms in total. The molecule has 1 fully saturated rings. The van der Waals surface area contributed by atoms with Gasteiger partial charge in [0.15, 0.2) is 5.84 Å². The highest BCUT2D eigenvalue weighted by molar-refractivity contribution is 6.03. The quantitative estimate of drug-likeness (QED) is 0.162. The van der Waals surface area contributed by atoms with Crippen LogP contribution in [0.2, 0.25) is 0 Å². The zero-order valence-corrected chi connectivity index (χ0v) is 27.4. The van der Waals surface area contributed by atoms with Crippen LogP contribution in [0.15, 0.2) is 96.1 Å². The van der Waals surface area contributed by atoms with E-state index in [-0.39, 0.29) is 5.84 Å². The number of rotatable bonds is 9. The van der Waals surface area contributed by atoms with Crippen molar-refractivity contribution in [2.75, 3.05) is 52.9 Å². The fourth-order valence-corrected chi connectivity index (χ4v) is 5.32. The summed E-state index contributed by atoms with van der Waals surface area (Å²) in [5.74, 6) is 0.258. The molecule has 238 valence electrons. The molecule has 0 bridgehead atoms. The van der Waals surface area contributed by atoms with E-state index in [0.29, 0.717) is 6.47 Å². The second kappa shape index (κ2) is 19.1. The van der Waals surface area contributed by atoms with E-state index in [0.717, 1.165) is 75.5 Å². The summed E-state index contributed by atoms with van der Waals surface area (Å²) in [4.78, 5) is 18.2. The number of hydrogen-bond acceptors (Lipinski definition) is 6. The van der Waals surface area contributed by atoms with E-state index in [9.17, 15) is 0 Å². The number of allylic oxidation sites excluding steroid dienone is 1. The number of hydrogen-bond donors (Lipinski definition) is 2. The molecule has 0 saturated carbocycles. The first-order valence-electron chi connectivity index (χ1n) is 15.9. The van der Waals surface area contributed by atoms with Crippen LogP contribution in [0.5, 0.6) is 0 Å². The fraction of sp³-hybridized carbons (Fsp3) is 0.342. The Labute approximate surface area is 269 Å². The van der Waals surface area contributed by atoms with E-state index < -0.39 is 0 Å². The van der Waals surface area contributed by atoms with Gasteiger partial charge >= 0.3 is 0 Å². The molecule has 2 aliphatic heterocycles. The van der Waals surface area contributed by atoms with Crippen LogP contribution in [-0.4, -0.2) is 81.2 Å². The van der Waals surface area contributed by atoms with Crippen LogP contribution in [-0.2, 0) is 16.0 Å². The second-order valence-electron chi connectivity index (χ2n) is 10.8. The summed E-state index contributed by atoms with van der Waals surface area (Å²) in [7, 11) is 1.31. The van der Waals surface area contributed by atoms with Crippen molar-refractivity contribution >= 4 is 24.1 Å². The van der Waals surface area contributed by atoms with E-state index in [1.807, 2.05) is 26.0 Å². The van der Waals surface area contributed by atoms with Gasteiger partial charge in [0, 0.05) is 50.5 Å². The lowest BCUT2D eigenvalue weighted by Crippen LogP contribution is -2.46. The van der Waals surface area contributed by atoms with Gasteiger partial charge < -0.3 is 15.0 Å². The fourth-order valence-electron chi connectivity index (χ4n) is 5.32. The second-order valence-corrected chi connectivity index (χ2v) is 10.8. The maximum Gasteiger partial charge on any atom is 0.292 e. The average molecular weight is 608 g/mol. The lowest BCUT2D eigenvalue weighted by atomic mass is 9.92. The molecule has 5 rings (SSSR count). The van der Waals surface area contributed by atoms with E-state index in [2.05, 4.69) is 105 Å². The summed E-state index contributed by atoms with van der Waals surface area (Å²) < 4.78 is 3.86. The molecule has 3 aromatic rings.